The highest BCUT2D eigenvalue weighted by Gasteiger charge is 2.26. The third kappa shape index (κ3) is 11.5. The minimum absolute atomic E-state index is 0.155. The summed E-state index contributed by atoms with van der Waals surface area (Å²) in [6, 6.07) is -1.38. The van der Waals surface area contributed by atoms with Crippen LogP contribution in [0, 0.1) is 11.8 Å². The van der Waals surface area contributed by atoms with Crippen molar-refractivity contribution in [2.24, 2.45) is 23.3 Å². The minimum Gasteiger partial charge on any atom is -0.368 e. The summed E-state index contributed by atoms with van der Waals surface area (Å²) in [5, 5.41) is 5.48. The molecule has 0 aromatic heterocycles. The maximum absolute atomic E-state index is 12.5. The van der Waals surface area contributed by atoms with Crippen LogP contribution in [-0.2, 0) is 14.4 Å². The fourth-order valence-corrected chi connectivity index (χ4v) is 2.57. The Morgan fingerprint density at radius 3 is 1.88 bits per heavy atom. The quantitative estimate of drug-likeness (QED) is 0.368. The van der Waals surface area contributed by atoms with E-state index in [-0.39, 0.29) is 23.7 Å². The van der Waals surface area contributed by atoms with E-state index in [1.807, 2.05) is 27.7 Å². The van der Waals surface area contributed by atoms with Gasteiger partial charge in [0.05, 0.1) is 0 Å². The zero-order valence-corrected chi connectivity index (χ0v) is 16.1. The lowest BCUT2D eigenvalue weighted by atomic mass is 10.00. The van der Waals surface area contributed by atoms with Gasteiger partial charge in [-0.1, -0.05) is 34.1 Å². The van der Waals surface area contributed by atoms with Crippen molar-refractivity contribution in [1.82, 2.24) is 10.6 Å². The van der Waals surface area contributed by atoms with E-state index < -0.39 is 18.0 Å². The first-order valence-electron chi connectivity index (χ1n) is 9.26. The highest BCUT2D eigenvalue weighted by Crippen LogP contribution is 2.09. The molecule has 7 heteroatoms. The van der Waals surface area contributed by atoms with E-state index in [2.05, 4.69) is 10.6 Å². The van der Waals surface area contributed by atoms with Gasteiger partial charge in [-0.05, 0) is 44.1 Å². The van der Waals surface area contributed by atoms with Gasteiger partial charge in [-0.3, -0.25) is 14.4 Å². The fourth-order valence-electron chi connectivity index (χ4n) is 2.57. The van der Waals surface area contributed by atoms with Crippen LogP contribution in [0.15, 0.2) is 0 Å². The lowest BCUT2D eigenvalue weighted by molar-refractivity contribution is -0.132. The van der Waals surface area contributed by atoms with Crippen LogP contribution >= 0.6 is 0 Å². The van der Waals surface area contributed by atoms with Gasteiger partial charge in [0.25, 0.3) is 0 Å². The molecule has 0 heterocycles. The third-order valence-corrected chi connectivity index (χ3v) is 3.83. The van der Waals surface area contributed by atoms with Crippen LogP contribution in [0.1, 0.15) is 66.2 Å². The molecule has 0 radical (unpaired) electrons. The largest absolute Gasteiger partial charge is 0.368 e. The standard InChI is InChI=1S/C18H36N4O3/c1-12(2)10-14(17(20)24)22-18(25)15(11-13(3)4)21-16(23)8-6-5-7-9-19/h12-15H,5-11,19H2,1-4H3,(H2,20,24)(H,21,23)(H,22,25)/t14?,15-/m0/s1. The first-order chi connectivity index (χ1) is 11.7. The summed E-state index contributed by atoms with van der Waals surface area (Å²) in [5.74, 6) is -0.617. The predicted molar refractivity (Wildman–Crippen MR) is 99.5 cm³/mol. The zero-order valence-electron chi connectivity index (χ0n) is 16.1. The second kappa shape index (κ2) is 12.7. The lowest BCUT2D eigenvalue weighted by Gasteiger charge is -2.24. The second-order valence-corrected chi connectivity index (χ2v) is 7.44. The lowest BCUT2D eigenvalue weighted by Crippen LogP contribution is -2.53. The monoisotopic (exact) mass is 356 g/mol. The molecule has 2 atom stereocenters. The number of rotatable bonds is 13. The van der Waals surface area contributed by atoms with Gasteiger partial charge in [0.2, 0.25) is 17.7 Å². The zero-order chi connectivity index (χ0) is 19.4. The van der Waals surface area contributed by atoms with Gasteiger partial charge in [0, 0.05) is 6.42 Å². The maximum Gasteiger partial charge on any atom is 0.243 e. The highest BCUT2D eigenvalue weighted by atomic mass is 16.2. The van der Waals surface area contributed by atoms with Crippen molar-refractivity contribution >= 4 is 17.7 Å². The van der Waals surface area contributed by atoms with Gasteiger partial charge in [-0.15, -0.1) is 0 Å². The molecule has 1 unspecified atom stereocenters. The molecule has 0 aromatic carbocycles. The second-order valence-electron chi connectivity index (χ2n) is 7.44. The Morgan fingerprint density at radius 2 is 1.40 bits per heavy atom. The van der Waals surface area contributed by atoms with E-state index in [0.717, 1.165) is 19.3 Å². The number of carbonyl (C=O) groups excluding carboxylic acids is 3. The summed E-state index contributed by atoms with van der Waals surface area (Å²) in [7, 11) is 0. The molecule has 0 saturated carbocycles. The summed E-state index contributed by atoms with van der Waals surface area (Å²) in [6.45, 7) is 8.48. The molecule has 7 nitrogen and oxygen atoms in total. The average molecular weight is 357 g/mol. The Hall–Kier alpha value is -1.63. The Bertz CT molecular complexity index is 425. The molecule has 0 aliphatic rings. The van der Waals surface area contributed by atoms with E-state index in [4.69, 9.17) is 11.5 Å². The molecule has 0 rings (SSSR count). The van der Waals surface area contributed by atoms with Crippen molar-refractivity contribution in [3.8, 4) is 0 Å². The van der Waals surface area contributed by atoms with Gasteiger partial charge in [-0.25, -0.2) is 0 Å². The fraction of sp³-hybridized carbons (Fsp3) is 0.833. The molecular formula is C18H36N4O3. The SMILES string of the molecule is CC(C)CC(NC(=O)[C@H](CC(C)C)NC(=O)CCCCCN)C(N)=O. The summed E-state index contributed by atoms with van der Waals surface area (Å²) >= 11 is 0. The minimum atomic E-state index is -0.719. The van der Waals surface area contributed by atoms with E-state index in [1.54, 1.807) is 0 Å². The van der Waals surface area contributed by atoms with E-state index in [9.17, 15) is 14.4 Å². The van der Waals surface area contributed by atoms with E-state index in [0.29, 0.717) is 25.8 Å². The molecule has 146 valence electrons. The van der Waals surface area contributed by atoms with Crippen LogP contribution in [-0.4, -0.2) is 36.3 Å². The normalized spacial score (nSPS) is 13.6. The van der Waals surface area contributed by atoms with Crippen LogP contribution in [0.3, 0.4) is 0 Å². The topological polar surface area (TPSA) is 127 Å². The molecule has 0 saturated heterocycles. The highest BCUT2D eigenvalue weighted by molar-refractivity contribution is 5.91. The van der Waals surface area contributed by atoms with Crippen LogP contribution in [0.25, 0.3) is 0 Å². The molecule has 0 aliphatic carbocycles. The number of amides is 3. The van der Waals surface area contributed by atoms with Gasteiger partial charge in [0.15, 0.2) is 0 Å². The summed E-state index contributed by atoms with van der Waals surface area (Å²) < 4.78 is 0. The van der Waals surface area contributed by atoms with Crippen molar-refractivity contribution in [2.45, 2.75) is 78.3 Å². The smallest absolute Gasteiger partial charge is 0.243 e. The third-order valence-electron chi connectivity index (χ3n) is 3.83. The van der Waals surface area contributed by atoms with E-state index >= 15 is 0 Å². The number of hydrogen-bond donors (Lipinski definition) is 4. The van der Waals surface area contributed by atoms with Crippen LogP contribution < -0.4 is 22.1 Å². The van der Waals surface area contributed by atoms with E-state index in [1.165, 1.54) is 0 Å². The molecule has 0 spiro atoms. The van der Waals surface area contributed by atoms with Gasteiger partial charge in [-0.2, -0.15) is 0 Å². The Balaban J connectivity index is 4.73. The molecule has 0 fully saturated rings. The number of unbranched alkanes of at least 4 members (excludes halogenated alkanes) is 2. The van der Waals surface area contributed by atoms with Crippen LogP contribution in [0.2, 0.25) is 0 Å². The first kappa shape index (κ1) is 23.4. The summed E-state index contributed by atoms with van der Waals surface area (Å²) in [5.41, 5.74) is 10.8. The molecule has 25 heavy (non-hydrogen) atoms. The summed E-state index contributed by atoms with van der Waals surface area (Å²) in [6.07, 6.45) is 3.88. The predicted octanol–water partition coefficient (Wildman–Crippen LogP) is 1.05. The number of nitrogens with two attached hydrogens (primary N) is 2. The van der Waals surface area contributed by atoms with Crippen LogP contribution in [0.5, 0.6) is 0 Å². The number of hydrogen-bond acceptors (Lipinski definition) is 4. The van der Waals surface area contributed by atoms with Crippen molar-refractivity contribution in [3.05, 3.63) is 0 Å². The Morgan fingerprint density at radius 1 is 0.840 bits per heavy atom. The van der Waals surface area contributed by atoms with Gasteiger partial charge in [0.1, 0.15) is 12.1 Å². The molecule has 6 N–H and O–H groups in total. The van der Waals surface area contributed by atoms with Crippen molar-refractivity contribution in [3.63, 3.8) is 0 Å². The van der Waals surface area contributed by atoms with Crippen molar-refractivity contribution in [2.75, 3.05) is 6.54 Å². The van der Waals surface area contributed by atoms with Gasteiger partial charge < -0.3 is 22.1 Å². The molecular weight excluding hydrogens is 320 g/mol. The Kier molecular flexibility index (Phi) is 11.9. The summed E-state index contributed by atoms with van der Waals surface area (Å²) in [4.78, 5) is 36.2. The Labute approximate surface area is 151 Å². The number of carbonyl (C=O) groups is 3. The molecule has 0 aromatic rings. The molecule has 0 aliphatic heterocycles. The maximum atomic E-state index is 12.5. The first-order valence-corrected chi connectivity index (χ1v) is 9.26. The molecule has 3 amide bonds. The number of nitrogens with one attached hydrogen (secondary N) is 2. The average Bonchev–Trinajstić information content (AvgIpc) is 2.49. The van der Waals surface area contributed by atoms with Crippen molar-refractivity contribution < 1.29 is 14.4 Å². The van der Waals surface area contributed by atoms with Crippen molar-refractivity contribution in [1.29, 1.82) is 0 Å². The molecule has 0 bridgehead atoms. The number of primary amides is 1. The van der Waals surface area contributed by atoms with Gasteiger partial charge >= 0.3 is 0 Å². The van der Waals surface area contributed by atoms with Crippen LogP contribution in [0.4, 0.5) is 0 Å².